The van der Waals surface area contributed by atoms with Crippen LogP contribution in [0.25, 0.3) is 0 Å². The molecule has 240 valence electrons. The number of benzene rings is 3. The van der Waals surface area contributed by atoms with Crippen molar-refractivity contribution in [2.24, 2.45) is 0 Å². The monoisotopic (exact) mass is 640 g/mol. The molecule has 0 radical (unpaired) electrons. The summed E-state index contributed by atoms with van der Waals surface area (Å²) in [4.78, 5) is 51.1. The zero-order valence-electron chi connectivity index (χ0n) is 25.2. The van der Waals surface area contributed by atoms with Crippen molar-refractivity contribution in [1.29, 1.82) is 0 Å². The molecule has 2 atom stereocenters. The van der Waals surface area contributed by atoms with Gasteiger partial charge in [0.2, 0.25) is 0 Å². The lowest BCUT2D eigenvalue weighted by molar-refractivity contribution is -0.145. The number of hydrogen-bond donors (Lipinski definition) is 1. The fourth-order valence-corrected chi connectivity index (χ4v) is 5.76. The van der Waals surface area contributed by atoms with Crippen LogP contribution >= 0.6 is 0 Å². The Hall–Kier alpha value is -4.91. The standard InChI is InChI=1S/C32H36N2O10S/c1-23-17-19-26(20-18-23)45(39,40)34(32(38)44-22-25-13-8-5-9-14-25)28(30(36)42-3)16-10-15-27(29(35)41-2)33-31(37)43-21-24-11-6-4-7-12-24/h4-9,11-14,17-20,27-28H,10,15-16,21-22H2,1-3H3,(H,33,37)/t27-,28?/m0/s1. The highest BCUT2D eigenvalue weighted by Gasteiger charge is 2.41. The molecule has 0 aromatic heterocycles. The van der Waals surface area contributed by atoms with Crippen molar-refractivity contribution < 1.29 is 46.5 Å². The Morgan fingerprint density at radius 3 is 1.80 bits per heavy atom. The molecule has 1 N–H and O–H groups in total. The van der Waals surface area contributed by atoms with Gasteiger partial charge in [-0.15, -0.1) is 0 Å². The highest BCUT2D eigenvalue weighted by molar-refractivity contribution is 7.89. The number of alkyl carbamates (subject to hydrolysis) is 1. The molecule has 2 amide bonds. The average molecular weight is 641 g/mol. The third-order valence-corrected chi connectivity index (χ3v) is 8.47. The summed E-state index contributed by atoms with van der Waals surface area (Å²) in [6, 6.07) is 20.4. The molecule has 12 nitrogen and oxygen atoms in total. The second-order valence-electron chi connectivity index (χ2n) is 9.91. The molecule has 0 spiro atoms. The summed E-state index contributed by atoms with van der Waals surface area (Å²) in [5.41, 5.74) is 2.11. The molecule has 0 aliphatic heterocycles. The van der Waals surface area contributed by atoms with Crippen LogP contribution in [0, 0.1) is 6.92 Å². The minimum Gasteiger partial charge on any atom is -0.467 e. The molecule has 0 bridgehead atoms. The van der Waals surface area contributed by atoms with Crippen molar-refractivity contribution >= 4 is 34.1 Å². The molecule has 45 heavy (non-hydrogen) atoms. The fourth-order valence-electron chi connectivity index (χ4n) is 4.28. The van der Waals surface area contributed by atoms with Crippen LogP contribution in [0.15, 0.2) is 89.8 Å². The Morgan fingerprint density at radius 2 is 1.27 bits per heavy atom. The van der Waals surface area contributed by atoms with E-state index in [0.717, 1.165) is 25.3 Å². The lowest BCUT2D eigenvalue weighted by Gasteiger charge is -2.29. The highest BCUT2D eigenvalue weighted by atomic mass is 32.2. The molecular formula is C32H36N2O10S. The maximum atomic E-state index is 13.8. The van der Waals surface area contributed by atoms with Crippen LogP contribution in [0.4, 0.5) is 9.59 Å². The van der Waals surface area contributed by atoms with Crippen LogP contribution in [-0.4, -0.2) is 63.2 Å². The minimum absolute atomic E-state index is 0.0234. The third-order valence-electron chi connectivity index (χ3n) is 6.68. The molecule has 3 aromatic carbocycles. The van der Waals surface area contributed by atoms with Crippen molar-refractivity contribution in [2.45, 2.75) is 56.4 Å². The first-order valence-corrected chi connectivity index (χ1v) is 15.5. The maximum Gasteiger partial charge on any atom is 0.425 e. The molecule has 1 unspecified atom stereocenters. The topological polar surface area (TPSA) is 155 Å². The van der Waals surface area contributed by atoms with Gasteiger partial charge in [0.25, 0.3) is 10.0 Å². The lowest BCUT2D eigenvalue weighted by atomic mass is 10.1. The van der Waals surface area contributed by atoms with E-state index in [1.54, 1.807) is 73.7 Å². The number of hydrogen-bond acceptors (Lipinski definition) is 10. The van der Waals surface area contributed by atoms with E-state index in [4.69, 9.17) is 18.9 Å². The first-order valence-electron chi connectivity index (χ1n) is 14.0. The molecule has 0 saturated carbocycles. The van der Waals surface area contributed by atoms with Gasteiger partial charge in [-0.3, -0.25) is 0 Å². The van der Waals surface area contributed by atoms with Crippen LogP contribution < -0.4 is 5.32 Å². The second-order valence-corrected chi connectivity index (χ2v) is 11.7. The van der Waals surface area contributed by atoms with E-state index < -0.39 is 46.2 Å². The van der Waals surface area contributed by atoms with Gasteiger partial charge >= 0.3 is 24.1 Å². The molecule has 0 fully saturated rings. The van der Waals surface area contributed by atoms with Crippen molar-refractivity contribution in [3.8, 4) is 0 Å². The summed E-state index contributed by atoms with van der Waals surface area (Å²) in [6.45, 7) is 1.47. The fraction of sp³-hybridized carbons (Fsp3) is 0.312. The molecule has 0 heterocycles. The van der Waals surface area contributed by atoms with Crippen LogP contribution in [0.2, 0.25) is 0 Å². The average Bonchev–Trinajstić information content (AvgIpc) is 3.05. The number of esters is 2. The van der Waals surface area contributed by atoms with Crippen LogP contribution in [-0.2, 0) is 51.8 Å². The van der Waals surface area contributed by atoms with Gasteiger partial charge < -0.3 is 24.3 Å². The van der Waals surface area contributed by atoms with Gasteiger partial charge in [0, 0.05) is 0 Å². The number of carbonyl (C=O) groups is 4. The largest absolute Gasteiger partial charge is 0.467 e. The Balaban J connectivity index is 1.81. The van der Waals surface area contributed by atoms with E-state index in [1.165, 1.54) is 12.1 Å². The van der Waals surface area contributed by atoms with Crippen LogP contribution in [0.3, 0.4) is 0 Å². The maximum absolute atomic E-state index is 13.8. The first kappa shape index (κ1) is 34.6. The lowest BCUT2D eigenvalue weighted by Crippen LogP contribution is -2.49. The number of carbonyl (C=O) groups excluding carboxylic acids is 4. The number of methoxy groups -OCH3 is 2. The van der Waals surface area contributed by atoms with Gasteiger partial charge in [0.1, 0.15) is 25.3 Å². The number of rotatable bonds is 14. The Morgan fingerprint density at radius 1 is 0.733 bits per heavy atom. The van der Waals surface area contributed by atoms with Gasteiger partial charge in [-0.05, 0) is 49.4 Å². The second kappa shape index (κ2) is 16.8. The van der Waals surface area contributed by atoms with Crippen molar-refractivity contribution in [1.82, 2.24) is 9.62 Å². The smallest absolute Gasteiger partial charge is 0.425 e. The molecule has 13 heteroatoms. The highest BCUT2D eigenvalue weighted by Crippen LogP contribution is 2.24. The minimum atomic E-state index is -4.62. The Kier molecular flexibility index (Phi) is 12.9. The van der Waals surface area contributed by atoms with Gasteiger partial charge in [-0.25, -0.2) is 27.6 Å². The number of aryl methyl sites for hydroxylation is 1. The van der Waals surface area contributed by atoms with E-state index in [1.807, 2.05) is 6.07 Å². The van der Waals surface area contributed by atoms with Crippen molar-refractivity contribution in [3.63, 3.8) is 0 Å². The van der Waals surface area contributed by atoms with Gasteiger partial charge in [-0.2, -0.15) is 4.31 Å². The quantitative estimate of drug-likeness (QED) is 0.197. The zero-order chi connectivity index (χ0) is 32.8. The zero-order valence-corrected chi connectivity index (χ0v) is 26.0. The molecule has 3 rings (SSSR count). The van der Waals surface area contributed by atoms with E-state index in [0.29, 0.717) is 9.87 Å². The Labute approximate surface area is 262 Å². The number of nitrogens with zero attached hydrogens (tertiary/aromatic N) is 1. The predicted octanol–water partition coefficient (Wildman–Crippen LogP) is 4.50. The SMILES string of the molecule is COC(=O)C(CCC[C@H](NC(=O)OCc1ccccc1)C(=O)OC)N(C(=O)OCc1ccccc1)S(=O)(=O)c1ccc(C)cc1. The van der Waals surface area contributed by atoms with Crippen molar-refractivity contribution in [3.05, 3.63) is 102 Å². The third kappa shape index (κ3) is 10.1. The van der Waals surface area contributed by atoms with Gasteiger partial charge in [0.15, 0.2) is 0 Å². The Bertz CT molecular complexity index is 1530. The summed E-state index contributed by atoms with van der Waals surface area (Å²) >= 11 is 0. The summed E-state index contributed by atoms with van der Waals surface area (Å²) < 4.78 is 48.2. The van der Waals surface area contributed by atoms with Gasteiger partial charge in [0.05, 0.1) is 19.1 Å². The number of nitrogens with one attached hydrogen (secondary N) is 1. The van der Waals surface area contributed by atoms with Crippen LogP contribution in [0.5, 0.6) is 0 Å². The van der Waals surface area contributed by atoms with E-state index in [2.05, 4.69) is 5.32 Å². The van der Waals surface area contributed by atoms with Crippen molar-refractivity contribution in [2.75, 3.05) is 14.2 Å². The molecular weight excluding hydrogens is 604 g/mol. The van der Waals surface area contributed by atoms with E-state index in [-0.39, 0.29) is 37.4 Å². The summed E-state index contributed by atoms with van der Waals surface area (Å²) in [5.74, 6) is -1.81. The summed E-state index contributed by atoms with van der Waals surface area (Å²) in [7, 11) is -2.42. The number of amides is 2. The van der Waals surface area contributed by atoms with E-state index >= 15 is 0 Å². The number of ether oxygens (including phenoxy) is 4. The summed E-state index contributed by atoms with van der Waals surface area (Å²) in [6.07, 6.45) is -2.55. The molecule has 3 aromatic rings. The summed E-state index contributed by atoms with van der Waals surface area (Å²) in [5, 5.41) is 2.43. The predicted molar refractivity (Wildman–Crippen MR) is 162 cm³/mol. The molecule has 0 saturated heterocycles. The molecule has 0 aliphatic carbocycles. The van der Waals surface area contributed by atoms with Crippen LogP contribution in [0.1, 0.15) is 36.0 Å². The number of sulfonamides is 1. The van der Waals surface area contributed by atoms with Gasteiger partial charge in [-0.1, -0.05) is 78.4 Å². The molecule has 0 aliphatic rings. The first-order chi connectivity index (χ1) is 21.6. The normalized spacial score (nSPS) is 12.2. The van der Waals surface area contributed by atoms with E-state index in [9.17, 15) is 27.6 Å².